The molecule has 1 heterocycles. The predicted molar refractivity (Wildman–Crippen MR) is 263 cm³/mol. The molecular formula is C54H67N3O15. The fourth-order valence-corrected chi connectivity index (χ4v) is 9.98. The summed E-state index contributed by atoms with van der Waals surface area (Å²) in [5, 5.41) is 63.9. The zero-order valence-electron chi connectivity index (χ0n) is 42.3. The monoisotopic (exact) mass is 997 g/mol. The minimum Gasteiger partial charge on any atom is -0.507 e. The van der Waals surface area contributed by atoms with Gasteiger partial charge in [-0.3, -0.25) is 14.4 Å². The van der Waals surface area contributed by atoms with Crippen molar-refractivity contribution in [3.8, 4) is 46.3 Å². The van der Waals surface area contributed by atoms with Gasteiger partial charge >= 0.3 is 0 Å². The summed E-state index contributed by atoms with van der Waals surface area (Å²) >= 11 is 0. The van der Waals surface area contributed by atoms with Crippen LogP contribution >= 0.6 is 0 Å². The number of phenolic OH excluding ortho intramolecular Hbond substituents is 2. The van der Waals surface area contributed by atoms with E-state index in [4.69, 9.17) is 38.9 Å². The molecule has 7 rings (SSSR count). The summed E-state index contributed by atoms with van der Waals surface area (Å²) in [6, 6.07) is 18.1. The average Bonchev–Trinajstić information content (AvgIpc) is 3.37. The van der Waals surface area contributed by atoms with Gasteiger partial charge in [-0.15, -0.1) is 0 Å². The Morgan fingerprint density at radius 3 is 2.11 bits per heavy atom. The molecule has 0 amide bonds. The number of nitrogens with zero attached hydrogens (tertiary/aromatic N) is 2. The van der Waals surface area contributed by atoms with E-state index in [0.717, 1.165) is 49.4 Å². The predicted octanol–water partition coefficient (Wildman–Crippen LogP) is 5.09. The number of rotatable bonds is 18. The molecule has 0 saturated carbocycles. The summed E-state index contributed by atoms with van der Waals surface area (Å²) in [7, 11) is 9.99. The highest BCUT2D eigenvalue weighted by atomic mass is 16.7. The van der Waals surface area contributed by atoms with Gasteiger partial charge in [-0.1, -0.05) is 38.1 Å². The molecule has 4 aromatic carbocycles. The number of likely N-dealkylation sites (N-methyl/N-ethyl adjacent to an activating group) is 1. The number of nitriles is 1. The number of phenols is 2. The van der Waals surface area contributed by atoms with Crippen LogP contribution in [-0.2, 0) is 32.5 Å². The van der Waals surface area contributed by atoms with Crippen molar-refractivity contribution >= 4 is 17.3 Å². The lowest BCUT2D eigenvalue weighted by molar-refractivity contribution is -0.247. The highest BCUT2D eigenvalue weighted by Crippen LogP contribution is 2.53. The third-order valence-electron chi connectivity index (χ3n) is 14.2. The van der Waals surface area contributed by atoms with Crippen LogP contribution in [0.25, 0.3) is 0 Å². The number of nitrogens with two attached hydrogens (primary N) is 1. The summed E-state index contributed by atoms with van der Waals surface area (Å²) < 4.78 is 38.6. The molecule has 1 unspecified atom stereocenters. The first kappa shape index (κ1) is 55.0. The number of ether oxygens (including phenoxy) is 7. The van der Waals surface area contributed by atoms with Crippen molar-refractivity contribution < 1.29 is 73.1 Å². The van der Waals surface area contributed by atoms with Crippen LogP contribution in [0, 0.1) is 17.2 Å². The first-order valence-electron chi connectivity index (χ1n) is 23.8. The van der Waals surface area contributed by atoms with Crippen LogP contribution in [0.2, 0.25) is 0 Å². The van der Waals surface area contributed by atoms with E-state index < -0.39 is 101 Å². The Balaban J connectivity index is 0.000000239. The van der Waals surface area contributed by atoms with Gasteiger partial charge in [-0.2, -0.15) is 5.26 Å². The van der Waals surface area contributed by atoms with Crippen molar-refractivity contribution in [3.05, 3.63) is 99.1 Å². The molecule has 1 saturated heterocycles. The smallest absolute Gasteiger partial charge is 0.202 e. The van der Waals surface area contributed by atoms with Gasteiger partial charge in [0.1, 0.15) is 29.5 Å². The fourth-order valence-electron chi connectivity index (χ4n) is 9.98. The molecule has 0 radical (unpaired) electrons. The van der Waals surface area contributed by atoms with E-state index in [9.17, 15) is 45.2 Å². The zero-order valence-corrected chi connectivity index (χ0v) is 42.3. The summed E-state index contributed by atoms with van der Waals surface area (Å²) in [5.41, 5.74) is 3.98. The number of Topliss-reactive ketones (excluding diaryl/α,β-unsaturated/α-hetero) is 1. The third kappa shape index (κ3) is 10.7. The van der Waals surface area contributed by atoms with Gasteiger partial charge in [0.25, 0.3) is 0 Å². The summed E-state index contributed by atoms with van der Waals surface area (Å²) in [6.07, 6.45) is -2.51. The number of ketones is 3. The van der Waals surface area contributed by atoms with Crippen molar-refractivity contribution in [2.75, 3.05) is 62.3 Å². The van der Waals surface area contributed by atoms with Crippen LogP contribution in [0.4, 0.5) is 0 Å². The van der Waals surface area contributed by atoms with Gasteiger partial charge in [-0.05, 0) is 87.2 Å². The maximum Gasteiger partial charge on any atom is 0.202 e. The second-order valence-corrected chi connectivity index (χ2v) is 18.8. The molecule has 72 heavy (non-hydrogen) atoms. The Morgan fingerprint density at radius 1 is 0.889 bits per heavy atom. The lowest BCUT2D eigenvalue weighted by Crippen LogP contribution is -2.53. The molecular weight excluding hydrogens is 931 g/mol. The zero-order chi connectivity index (χ0) is 52.8. The highest BCUT2D eigenvalue weighted by molar-refractivity contribution is 6.31. The van der Waals surface area contributed by atoms with Crippen molar-refractivity contribution in [1.82, 2.24) is 4.90 Å². The topological polar surface area (TPSA) is 270 Å². The molecule has 388 valence electrons. The highest BCUT2D eigenvalue weighted by Gasteiger charge is 2.50. The first-order valence-corrected chi connectivity index (χ1v) is 23.8. The second kappa shape index (κ2) is 23.1. The standard InChI is InChI=1S/C27H38N2O4.C27H29NO11/c1-20(2)27(19-28,22-10-12-24(31-5)26(18-22)33-7)14-8-15-29(3)16-13-21-9-11-23(30-4)25(17-21)32-6;1-10-22(31)13(28)6-17(38-10)39-15-8-27(36,16(30)9-29)7-12-19(15)26(35)21-20(24(12)33)23(32)11-4-3-5-14(37-2)18(11)25(21)34/h9-12,17-18,20H,8,13-16H2,1-7H3;3-5,10,13,15,17,22,29,31,33,35-36H,6-9,28H2,1-2H3/t;10-,13-,15-,17-,22+,27-/m.0/s1. The van der Waals surface area contributed by atoms with E-state index in [1.54, 1.807) is 35.4 Å². The SMILES string of the molecule is COc1ccc(CCN(C)CCCC(C#N)(c2ccc(OC)c(OC)c2)C(C)C)cc1OC.COc1cccc2c1C(=O)c1c(O)c3c(c(O)c1C2=O)C[C@@](O)(C(=O)CO)C[C@@H]3O[C@H]1C[C@H](N)[C@H](O)[C@H](C)O1. The number of carbonyl (C=O) groups excluding carboxylic acids is 3. The van der Waals surface area contributed by atoms with Gasteiger partial charge in [0.2, 0.25) is 5.78 Å². The molecule has 4 aromatic rings. The number of aliphatic hydroxyl groups is 3. The molecule has 3 aliphatic rings. The van der Waals surface area contributed by atoms with Crippen LogP contribution in [0.1, 0.15) is 107 Å². The number of aromatic hydroxyl groups is 2. The number of fused-ring (bicyclic) bond motifs is 3. The summed E-state index contributed by atoms with van der Waals surface area (Å²) in [5.74, 6) is -0.787. The van der Waals surface area contributed by atoms with Gasteiger partial charge in [0.15, 0.2) is 40.9 Å². The number of methoxy groups -OCH3 is 5. The van der Waals surface area contributed by atoms with E-state index in [-0.39, 0.29) is 40.3 Å². The molecule has 18 nitrogen and oxygen atoms in total. The second-order valence-electron chi connectivity index (χ2n) is 18.8. The van der Waals surface area contributed by atoms with Gasteiger partial charge in [0, 0.05) is 48.5 Å². The normalized spacial score (nSPS) is 22.1. The van der Waals surface area contributed by atoms with Crippen LogP contribution < -0.4 is 29.4 Å². The molecule has 0 aromatic heterocycles. The lowest BCUT2D eigenvalue weighted by Gasteiger charge is -2.42. The van der Waals surface area contributed by atoms with Gasteiger partial charge in [0.05, 0.1) is 82.0 Å². The minimum absolute atomic E-state index is 0.0173. The Labute approximate surface area is 419 Å². The largest absolute Gasteiger partial charge is 0.507 e. The van der Waals surface area contributed by atoms with Gasteiger partial charge < -0.3 is 69.3 Å². The van der Waals surface area contributed by atoms with Crippen LogP contribution in [0.3, 0.4) is 0 Å². The third-order valence-corrected chi connectivity index (χ3v) is 14.2. The van der Waals surface area contributed by atoms with E-state index in [1.165, 1.54) is 30.9 Å². The molecule has 0 bridgehead atoms. The maximum absolute atomic E-state index is 13.6. The lowest BCUT2D eigenvalue weighted by atomic mass is 9.69. The van der Waals surface area contributed by atoms with Crippen molar-refractivity contribution in [2.24, 2.45) is 11.7 Å². The Bertz CT molecular complexity index is 2670. The molecule has 7 N–H and O–H groups in total. The summed E-state index contributed by atoms with van der Waals surface area (Å²) in [6.45, 7) is 6.62. The molecule has 2 aliphatic carbocycles. The molecule has 7 atom stereocenters. The van der Waals surface area contributed by atoms with Crippen LogP contribution in [0.5, 0.6) is 40.2 Å². The Hall–Kier alpha value is -6.30. The Morgan fingerprint density at radius 2 is 1.51 bits per heavy atom. The van der Waals surface area contributed by atoms with E-state index in [0.29, 0.717) is 11.5 Å². The van der Waals surface area contributed by atoms with E-state index >= 15 is 0 Å². The Kier molecular flexibility index (Phi) is 17.6. The number of hydrogen-bond donors (Lipinski definition) is 6. The van der Waals surface area contributed by atoms with Crippen LogP contribution in [0.15, 0.2) is 54.6 Å². The maximum atomic E-state index is 13.6. The number of hydrogen-bond acceptors (Lipinski definition) is 18. The average molecular weight is 998 g/mol. The molecule has 1 aliphatic heterocycles. The fraction of sp³-hybridized carbons (Fsp3) is 0.481. The van der Waals surface area contributed by atoms with Crippen molar-refractivity contribution in [2.45, 2.75) is 101 Å². The molecule has 1 fully saturated rings. The molecule has 18 heteroatoms. The first-order chi connectivity index (χ1) is 34.3. The van der Waals surface area contributed by atoms with Crippen LogP contribution in [-0.4, -0.2) is 140 Å². The van der Waals surface area contributed by atoms with E-state index in [1.807, 2.05) is 30.3 Å². The van der Waals surface area contributed by atoms with Crippen molar-refractivity contribution in [3.63, 3.8) is 0 Å². The van der Waals surface area contributed by atoms with Gasteiger partial charge in [-0.25, -0.2) is 0 Å². The quantitative estimate of drug-likeness (QED) is 0.0624. The minimum atomic E-state index is -2.24. The summed E-state index contributed by atoms with van der Waals surface area (Å²) in [4.78, 5) is 42.1. The van der Waals surface area contributed by atoms with Crippen molar-refractivity contribution in [1.29, 1.82) is 5.26 Å². The number of benzene rings is 4. The number of aliphatic hydroxyl groups excluding tert-OH is 2. The molecule has 0 spiro atoms. The number of carbonyl (C=O) groups is 3. The van der Waals surface area contributed by atoms with E-state index in [2.05, 4.69) is 37.9 Å².